The van der Waals surface area contributed by atoms with E-state index in [9.17, 15) is 9.59 Å². The van der Waals surface area contributed by atoms with Crippen molar-refractivity contribution in [2.24, 2.45) is 0 Å². The van der Waals surface area contributed by atoms with Gasteiger partial charge in [-0.3, -0.25) is 14.6 Å². The molecule has 0 radical (unpaired) electrons. The SMILES string of the molecule is COc1ccc(NC(=O)c2cncc(C(=O)N3CCC4(CC3)OCCO4)c2)cc1. The molecule has 1 aromatic carbocycles. The highest BCUT2D eigenvalue weighted by atomic mass is 16.7. The quantitative estimate of drug-likeness (QED) is 0.852. The van der Waals surface area contributed by atoms with Gasteiger partial charge in [0, 0.05) is 44.0 Å². The molecule has 3 heterocycles. The van der Waals surface area contributed by atoms with E-state index in [-0.39, 0.29) is 11.8 Å². The van der Waals surface area contributed by atoms with E-state index in [2.05, 4.69) is 10.3 Å². The zero-order chi connectivity index (χ0) is 20.3. The Morgan fingerprint density at radius 2 is 1.72 bits per heavy atom. The number of amides is 2. The lowest BCUT2D eigenvalue weighted by molar-refractivity contribution is -0.181. The number of piperidine rings is 1. The van der Waals surface area contributed by atoms with Gasteiger partial charge in [-0.1, -0.05) is 0 Å². The molecule has 2 aliphatic rings. The molecule has 1 aromatic heterocycles. The Kier molecular flexibility index (Phi) is 5.46. The standard InChI is InChI=1S/C21H23N3O5/c1-27-18-4-2-17(3-5-18)23-19(25)15-12-16(14-22-13-15)20(26)24-8-6-21(7-9-24)28-10-11-29-21/h2-5,12-14H,6-11H2,1H3,(H,23,25). The molecule has 1 N–H and O–H groups in total. The molecule has 4 rings (SSSR count). The van der Waals surface area contributed by atoms with Gasteiger partial charge >= 0.3 is 0 Å². The summed E-state index contributed by atoms with van der Waals surface area (Å²) in [5.41, 5.74) is 1.34. The number of methoxy groups -OCH3 is 1. The average molecular weight is 397 g/mol. The molecule has 0 bridgehead atoms. The first-order valence-corrected chi connectivity index (χ1v) is 9.56. The molecule has 2 aromatic rings. The number of aromatic nitrogens is 1. The number of hydrogen-bond donors (Lipinski definition) is 1. The Morgan fingerprint density at radius 3 is 2.38 bits per heavy atom. The third-order valence-corrected chi connectivity index (χ3v) is 5.22. The van der Waals surface area contributed by atoms with Gasteiger partial charge in [0.15, 0.2) is 5.79 Å². The molecule has 0 aliphatic carbocycles. The van der Waals surface area contributed by atoms with Gasteiger partial charge in [0.1, 0.15) is 5.75 Å². The maximum atomic E-state index is 12.9. The van der Waals surface area contributed by atoms with Crippen LogP contribution in [0.4, 0.5) is 5.69 Å². The Hall–Kier alpha value is -2.97. The largest absolute Gasteiger partial charge is 0.497 e. The number of pyridine rings is 1. The van der Waals surface area contributed by atoms with Crippen LogP contribution < -0.4 is 10.1 Å². The zero-order valence-corrected chi connectivity index (χ0v) is 16.2. The number of likely N-dealkylation sites (tertiary alicyclic amines) is 1. The first-order valence-electron chi connectivity index (χ1n) is 9.56. The Balaban J connectivity index is 1.41. The maximum absolute atomic E-state index is 12.9. The normalized spacial score (nSPS) is 17.9. The molecule has 2 saturated heterocycles. The van der Waals surface area contributed by atoms with Crippen LogP contribution >= 0.6 is 0 Å². The molecule has 152 valence electrons. The van der Waals surface area contributed by atoms with Crippen LogP contribution in [0.15, 0.2) is 42.7 Å². The summed E-state index contributed by atoms with van der Waals surface area (Å²) in [6.45, 7) is 2.29. The molecule has 1 spiro atoms. The fourth-order valence-electron chi connectivity index (χ4n) is 3.58. The third kappa shape index (κ3) is 4.23. The van der Waals surface area contributed by atoms with Crippen molar-refractivity contribution in [2.45, 2.75) is 18.6 Å². The fraction of sp³-hybridized carbons (Fsp3) is 0.381. The van der Waals surface area contributed by atoms with Crippen molar-refractivity contribution in [3.05, 3.63) is 53.9 Å². The molecule has 0 unspecified atom stereocenters. The second-order valence-corrected chi connectivity index (χ2v) is 7.04. The molecule has 0 saturated carbocycles. The van der Waals surface area contributed by atoms with Crippen molar-refractivity contribution >= 4 is 17.5 Å². The van der Waals surface area contributed by atoms with Crippen LogP contribution in [0.3, 0.4) is 0 Å². The van der Waals surface area contributed by atoms with Gasteiger partial charge in [-0.2, -0.15) is 0 Å². The summed E-state index contributed by atoms with van der Waals surface area (Å²) >= 11 is 0. The highest BCUT2D eigenvalue weighted by Crippen LogP contribution is 2.31. The summed E-state index contributed by atoms with van der Waals surface area (Å²) < 4.78 is 16.5. The van der Waals surface area contributed by atoms with E-state index in [0.29, 0.717) is 61.7 Å². The van der Waals surface area contributed by atoms with Crippen molar-refractivity contribution in [3.63, 3.8) is 0 Å². The number of carbonyl (C=O) groups is 2. The van der Waals surface area contributed by atoms with Crippen molar-refractivity contribution in [2.75, 3.05) is 38.7 Å². The Bertz CT molecular complexity index is 883. The minimum atomic E-state index is -0.533. The van der Waals surface area contributed by atoms with Gasteiger partial charge in [-0.05, 0) is 30.3 Å². The summed E-state index contributed by atoms with van der Waals surface area (Å²) in [4.78, 5) is 31.2. The van der Waals surface area contributed by atoms with Gasteiger partial charge in [-0.15, -0.1) is 0 Å². The number of carbonyl (C=O) groups excluding carboxylic acids is 2. The van der Waals surface area contributed by atoms with Crippen LogP contribution in [0.1, 0.15) is 33.6 Å². The molecular weight excluding hydrogens is 374 g/mol. The van der Waals surface area contributed by atoms with Crippen molar-refractivity contribution in [3.8, 4) is 5.75 Å². The molecule has 2 amide bonds. The molecule has 0 atom stereocenters. The summed E-state index contributed by atoms with van der Waals surface area (Å²) in [6, 6.07) is 8.58. The van der Waals surface area contributed by atoms with Crippen LogP contribution in [0.5, 0.6) is 5.75 Å². The first kappa shape index (κ1) is 19.4. The fourth-order valence-corrected chi connectivity index (χ4v) is 3.58. The Labute approximate surface area is 168 Å². The van der Waals surface area contributed by atoms with E-state index in [4.69, 9.17) is 14.2 Å². The summed E-state index contributed by atoms with van der Waals surface area (Å²) in [6.07, 6.45) is 4.22. The average Bonchev–Trinajstić information content (AvgIpc) is 3.22. The monoisotopic (exact) mass is 397 g/mol. The number of anilines is 1. The van der Waals surface area contributed by atoms with E-state index < -0.39 is 5.79 Å². The first-order chi connectivity index (χ1) is 14.1. The van der Waals surface area contributed by atoms with Gasteiger partial charge in [-0.25, -0.2) is 0 Å². The summed E-state index contributed by atoms with van der Waals surface area (Å²) in [7, 11) is 1.58. The number of nitrogens with zero attached hydrogens (tertiary/aromatic N) is 2. The summed E-state index contributed by atoms with van der Waals surface area (Å²) in [5.74, 6) is -0.309. The molecular formula is C21H23N3O5. The molecule has 8 heteroatoms. The molecule has 2 aliphatic heterocycles. The zero-order valence-electron chi connectivity index (χ0n) is 16.2. The lowest BCUT2D eigenvalue weighted by atomic mass is 10.0. The number of rotatable bonds is 4. The van der Waals surface area contributed by atoms with E-state index >= 15 is 0 Å². The molecule has 2 fully saturated rings. The maximum Gasteiger partial charge on any atom is 0.257 e. The van der Waals surface area contributed by atoms with Crippen molar-refractivity contribution < 1.29 is 23.8 Å². The van der Waals surface area contributed by atoms with Crippen molar-refractivity contribution in [1.82, 2.24) is 9.88 Å². The minimum absolute atomic E-state index is 0.149. The van der Waals surface area contributed by atoms with Crippen LogP contribution in [0, 0.1) is 0 Å². The smallest absolute Gasteiger partial charge is 0.257 e. The van der Waals surface area contributed by atoms with Gasteiger partial charge in [0.2, 0.25) is 0 Å². The van der Waals surface area contributed by atoms with Gasteiger partial charge in [0.25, 0.3) is 11.8 Å². The van der Waals surface area contributed by atoms with Crippen LogP contribution in [-0.2, 0) is 9.47 Å². The van der Waals surface area contributed by atoms with Crippen LogP contribution in [0.25, 0.3) is 0 Å². The van der Waals surface area contributed by atoms with E-state index in [1.165, 1.54) is 12.4 Å². The predicted octanol–water partition coefficient (Wildman–Crippen LogP) is 2.32. The topological polar surface area (TPSA) is 90.0 Å². The molecule has 29 heavy (non-hydrogen) atoms. The van der Waals surface area contributed by atoms with Crippen LogP contribution in [0.2, 0.25) is 0 Å². The highest BCUT2D eigenvalue weighted by Gasteiger charge is 2.40. The predicted molar refractivity (Wildman–Crippen MR) is 105 cm³/mol. The van der Waals surface area contributed by atoms with E-state index in [1.807, 2.05) is 0 Å². The third-order valence-electron chi connectivity index (χ3n) is 5.22. The van der Waals surface area contributed by atoms with E-state index in [0.717, 1.165) is 0 Å². The number of nitrogens with one attached hydrogen (secondary N) is 1. The minimum Gasteiger partial charge on any atom is -0.497 e. The lowest BCUT2D eigenvalue weighted by Crippen LogP contribution is -2.47. The lowest BCUT2D eigenvalue weighted by Gasteiger charge is -2.37. The Morgan fingerprint density at radius 1 is 1.07 bits per heavy atom. The van der Waals surface area contributed by atoms with Crippen molar-refractivity contribution in [1.29, 1.82) is 0 Å². The number of benzene rings is 1. The second kappa shape index (κ2) is 8.18. The summed E-state index contributed by atoms with van der Waals surface area (Å²) in [5, 5.41) is 2.80. The second-order valence-electron chi connectivity index (χ2n) is 7.04. The van der Waals surface area contributed by atoms with Gasteiger partial charge in [0.05, 0.1) is 31.5 Å². The number of ether oxygens (including phenoxy) is 3. The van der Waals surface area contributed by atoms with E-state index in [1.54, 1.807) is 42.3 Å². The number of hydrogen-bond acceptors (Lipinski definition) is 6. The van der Waals surface area contributed by atoms with Gasteiger partial charge < -0.3 is 24.4 Å². The highest BCUT2D eigenvalue weighted by molar-refractivity contribution is 6.05. The molecule has 8 nitrogen and oxygen atoms in total. The van der Waals surface area contributed by atoms with Crippen LogP contribution in [-0.4, -0.2) is 60.9 Å².